The first-order chi connectivity index (χ1) is 23.6. The lowest BCUT2D eigenvalue weighted by Gasteiger charge is -2.14. The van der Waals surface area contributed by atoms with E-state index in [4.69, 9.17) is 24.1 Å². The maximum atomic E-state index is 12.2. The van der Waals surface area contributed by atoms with Crippen molar-refractivity contribution >= 4 is 35.6 Å². The molecular formula is C33H60N4O12. The molecule has 0 spiro atoms. The molecule has 4 amide bonds. The monoisotopic (exact) mass is 704 g/mol. The molecule has 16 nitrogen and oxygen atoms in total. The van der Waals surface area contributed by atoms with Crippen molar-refractivity contribution in [2.75, 3.05) is 72.5 Å². The van der Waals surface area contributed by atoms with Gasteiger partial charge in [0, 0.05) is 38.9 Å². The fourth-order valence-corrected chi connectivity index (χ4v) is 4.31. The number of carbonyl (C=O) groups excluding carboxylic acids is 4. The van der Waals surface area contributed by atoms with E-state index >= 15 is 0 Å². The molecule has 49 heavy (non-hydrogen) atoms. The van der Waals surface area contributed by atoms with Gasteiger partial charge in [-0.1, -0.05) is 51.9 Å². The van der Waals surface area contributed by atoms with Crippen molar-refractivity contribution in [2.24, 2.45) is 0 Å². The van der Waals surface area contributed by atoms with Crippen molar-refractivity contribution in [1.29, 1.82) is 0 Å². The zero-order valence-electron chi connectivity index (χ0n) is 29.2. The Labute approximate surface area is 290 Å². The van der Waals surface area contributed by atoms with Gasteiger partial charge in [0.25, 0.3) is 0 Å². The van der Waals surface area contributed by atoms with E-state index in [0.29, 0.717) is 39.1 Å². The molecule has 1 atom stereocenters. The van der Waals surface area contributed by atoms with E-state index in [-0.39, 0.29) is 95.5 Å². The van der Waals surface area contributed by atoms with Crippen LogP contribution in [0.4, 0.5) is 0 Å². The molecule has 0 unspecified atom stereocenters. The highest BCUT2D eigenvalue weighted by Gasteiger charge is 2.20. The summed E-state index contributed by atoms with van der Waals surface area (Å²) in [5.41, 5.74) is 0. The molecule has 0 rings (SSSR count). The molecule has 0 aliphatic rings. The first-order valence-corrected chi connectivity index (χ1v) is 17.5. The average Bonchev–Trinajstić information content (AvgIpc) is 3.06. The molecule has 0 saturated carbocycles. The number of carboxylic acid groups (broad SMARTS) is 2. The van der Waals surface area contributed by atoms with Crippen molar-refractivity contribution in [3.8, 4) is 0 Å². The van der Waals surface area contributed by atoms with Crippen LogP contribution in [0.3, 0.4) is 0 Å². The zero-order valence-corrected chi connectivity index (χ0v) is 29.2. The van der Waals surface area contributed by atoms with E-state index in [9.17, 15) is 33.9 Å². The lowest BCUT2D eigenvalue weighted by Crippen LogP contribution is -2.41. The highest BCUT2D eigenvalue weighted by atomic mass is 16.5. The molecule has 0 bridgehead atoms. The van der Waals surface area contributed by atoms with E-state index in [0.717, 1.165) is 51.4 Å². The standard InChI is InChI=1S/C33H60N4O12/c1-2-3-16-34-30(40)25-48-23-22-47-20-18-36-31(41)26-49-24-21-46-19-17-35-28(38)15-14-27(33(44)45)37-29(39)12-10-8-6-4-5-7-9-11-13-32(42)43/h27H,2-26H2,1H3,(H,34,40)(H,35,38)(H,36,41)(H,37,39)(H,42,43)(H,44,45)/t27-/m0/s1. The van der Waals surface area contributed by atoms with Crippen molar-refractivity contribution in [1.82, 2.24) is 21.3 Å². The van der Waals surface area contributed by atoms with Gasteiger partial charge in [-0.05, 0) is 25.7 Å². The molecule has 6 N–H and O–H groups in total. The minimum absolute atomic E-state index is 0.0118. The van der Waals surface area contributed by atoms with E-state index in [1.165, 1.54) is 0 Å². The molecule has 0 aromatic rings. The zero-order chi connectivity index (χ0) is 36.4. The smallest absolute Gasteiger partial charge is 0.326 e. The predicted octanol–water partition coefficient (Wildman–Crippen LogP) is 1.54. The number of carbonyl (C=O) groups is 6. The fraction of sp³-hybridized carbons (Fsp3) is 0.818. The van der Waals surface area contributed by atoms with Crippen molar-refractivity contribution in [3.05, 3.63) is 0 Å². The minimum Gasteiger partial charge on any atom is -0.481 e. The van der Waals surface area contributed by atoms with Gasteiger partial charge in [-0.15, -0.1) is 0 Å². The van der Waals surface area contributed by atoms with Gasteiger partial charge in [-0.25, -0.2) is 4.79 Å². The van der Waals surface area contributed by atoms with Gasteiger partial charge in [-0.2, -0.15) is 0 Å². The second-order valence-electron chi connectivity index (χ2n) is 11.5. The molecule has 0 saturated heterocycles. The summed E-state index contributed by atoms with van der Waals surface area (Å²) in [6.07, 6.45) is 9.33. The Morgan fingerprint density at radius 3 is 1.49 bits per heavy atom. The molecule has 0 heterocycles. The third-order valence-electron chi connectivity index (χ3n) is 7.04. The Morgan fingerprint density at radius 1 is 0.510 bits per heavy atom. The summed E-state index contributed by atoms with van der Waals surface area (Å²) >= 11 is 0. The molecule has 284 valence electrons. The van der Waals surface area contributed by atoms with Crippen LogP contribution in [0.15, 0.2) is 0 Å². The quantitative estimate of drug-likeness (QED) is 0.0517. The number of carboxylic acids is 2. The van der Waals surface area contributed by atoms with Gasteiger partial charge >= 0.3 is 11.9 Å². The summed E-state index contributed by atoms with van der Waals surface area (Å²) in [7, 11) is 0. The van der Waals surface area contributed by atoms with Crippen LogP contribution in [-0.2, 0) is 47.7 Å². The third kappa shape index (κ3) is 33.0. The van der Waals surface area contributed by atoms with E-state index in [2.05, 4.69) is 21.3 Å². The Kier molecular flexibility index (Phi) is 30.9. The van der Waals surface area contributed by atoms with E-state index in [1.807, 2.05) is 6.92 Å². The van der Waals surface area contributed by atoms with Crippen LogP contribution >= 0.6 is 0 Å². The molecule has 0 aromatic carbocycles. The van der Waals surface area contributed by atoms with Gasteiger partial charge in [0.15, 0.2) is 0 Å². The molecule has 0 radical (unpaired) electrons. The van der Waals surface area contributed by atoms with Gasteiger partial charge in [0.1, 0.15) is 19.3 Å². The first-order valence-electron chi connectivity index (χ1n) is 17.5. The highest BCUT2D eigenvalue weighted by Crippen LogP contribution is 2.11. The average molecular weight is 705 g/mol. The number of amides is 4. The number of aliphatic carboxylic acids is 2. The molecule has 16 heteroatoms. The van der Waals surface area contributed by atoms with E-state index in [1.54, 1.807) is 0 Å². The lowest BCUT2D eigenvalue weighted by molar-refractivity contribution is -0.142. The van der Waals surface area contributed by atoms with Gasteiger partial charge in [0.05, 0.1) is 39.6 Å². The van der Waals surface area contributed by atoms with Crippen molar-refractivity contribution in [2.45, 2.75) is 103 Å². The number of hydrogen-bond donors (Lipinski definition) is 6. The van der Waals surface area contributed by atoms with Crippen LogP contribution in [0.1, 0.15) is 96.8 Å². The van der Waals surface area contributed by atoms with Crippen LogP contribution in [-0.4, -0.2) is 124 Å². The number of hydrogen-bond acceptors (Lipinski definition) is 10. The summed E-state index contributed by atoms with van der Waals surface area (Å²) in [4.78, 5) is 69.6. The SMILES string of the molecule is CCCCNC(=O)COCCOCCNC(=O)COCCOCCNC(=O)CC[C@H](NC(=O)CCCCCCCCCCC(=O)O)C(=O)O. The van der Waals surface area contributed by atoms with Gasteiger partial charge < -0.3 is 50.4 Å². The highest BCUT2D eigenvalue weighted by molar-refractivity contribution is 5.84. The van der Waals surface area contributed by atoms with Gasteiger partial charge in [-0.3, -0.25) is 24.0 Å². The topological polar surface area (TPSA) is 228 Å². The molecule has 0 aliphatic heterocycles. The largest absolute Gasteiger partial charge is 0.481 e. The summed E-state index contributed by atoms with van der Waals surface area (Å²) < 4.78 is 21.2. The van der Waals surface area contributed by atoms with Crippen molar-refractivity contribution < 1.29 is 57.9 Å². The maximum absolute atomic E-state index is 12.2. The van der Waals surface area contributed by atoms with Crippen LogP contribution < -0.4 is 21.3 Å². The second-order valence-corrected chi connectivity index (χ2v) is 11.5. The molecule has 0 fully saturated rings. The lowest BCUT2D eigenvalue weighted by atomic mass is 10.1. The number of ether oxygens (including phenoxy) is 4. The third-order valence-corrected chi connectivity index (χ3v) is 7.04. The Hall–Kier alpha value is -3.34. The van der Waals surface area contributed by atoms with Gasteiger partial charge in [0.2, 0.25) is 23.6 Å². The number of nitrogens with one attached hydrogen (secondary N) is 4. The number of unbranched alkanes of at least 4 members (excludes halogenated alkanes) is 8. The maximum Gasteiger partial charge on any atom is 0.326 e. The molecule has 0 aliphatic carbocycles. The Morgan fingerprint density at radius 2 is 0.980 bits per heavy atom. The summed E-state index contributed by atoms with van der Waals surface area (Å²) in [6.45, 7) is 4.51. The van der Waals surface area contributed by atoms with Crippen LogP contribution in [0.25, 0.3) is 0 Å². The molecular weight excluding hydrogens is 644 g/mol. The van der Waals surface area contributed by atoms with Crippen LogP contribution in [0.2, 0.25) is 0 Å². The second kappa shape index (κ2) is 33.2. The first kappa shape index (κ1) is 45.7. The fourth-order valence-electron chi connectivity index (χ4n) is 4.31. The minimum atomic E-state index is -1.20. The van der Waals surface area contributed by atoms with E-state index < -0.39 is 18.0 Å². The molecule has 0 aromatic heterocycles. The Balaban J connectivity index is 3.68. The number of rotatable bonds is 35. The Bertz CT molecular complexity index is 922. The normalized spacial score (nSPS) is 11.4. The summed E-state index contributed by atoms with van der Waals surface area (Å²) in [5.74, 6) is -3.15. The summed E-state index contributed by atoms with van der Waals surface area (Å²) in [5, 5.41) is 28.6. The van der Waals surface area contributed by atoms with Crippen LogP contribution in [0.5, 0.6) is 0 Å². The van der Waals surface area contributed by atoms with Crippen LogP contribution in [0, 0.1) is 0 Å². The predicted molar refractivity (Wildman–Crippen MR) is 180 cm³/mol. The summed E-state index contributed by atoms with van der Waals surface area (Å²) in [6, 6.07) is -1.15. The van der Waals surface area contributed by atoms with Crippen molar-refractivity contribution in [3.63, 3.8) is 0 Å².